The average Bonchev–Trinajstić information content (AvgIpc) is 2.73. The number of rotatable bonds is 4. The van der Waals surface area contributed by atoms with E-state index in [1.54, 1.807) is 11.1 Å². The molecule has 0 unspecified atom stereocenters. The van der Waals surface area contributed by atoms with E-state index >= 15 is 0 Å². The van der Waals surface area contributed by atoms with Crippen LogP contribution in [-0.4, -0.2) is 47.9 Å². The van der Waals surface area contributed by atoms with Crippen LogP contribution in [0.15, 0.2) is 42.6 Å². The molecule has 1 aromatic carbocycles. The van der Waals surface area contributed by atoms with Crippen molar-refractivity contribution < 1.29 is 9.59 Å². The number of carbonyl (C=O) groups is 2. The van der Waals surface area contributed by atoms with E-state index in [4.69, 9.17) is 0 Å². The van der Waals surface area contributed by atoms with Crippen LogP contribution in [0.5, 0.6) is 0 Å². The maximum absolute atomic E-state index is 12.8. The number of nitrogens with zero attached hydrogens (tertiary/aromatic N) is 3. The molecule has 1 aliphatic heterocycles. The number of amides is 2. The number of aromatic nitrogens is 1. The van der Waals surface area contributed by atoms with Crippen LogP contribution in [0, 0.1) is 0 Å². The minimum Gasteiger partial charge on any atom is -0.353 e. The topological polar surface area (TPSA) is 65.5 Å². The summed E-state index contributed by atoms with van der Waals surface area (Å²) in [5, 5.41) is 2.93. The van der Waals surface area contributed by atoms with Crippen molar-refractivity contribution in [3.63, 3.8) is 0 Å². The highest BCUT2D eigenvalue weighted by Gasteiger charge is 2.28. The molecule has 0 atom stereocenters. The lowest BCUT2D eigenvalue weighted by Gasteiger charge is -2.35. The van der Waals surface area contributed by atoms with Crippen molar-refractivity contribution in [2.24, 2.45) is 0 Å². The molecule has 1 saturated heterocycles. The molecule has 1 N–H and O–H groups in total. The summed E-state index contributed by atoms with van der Waals surface area (Å²) in [4.78, 5) is 33.7. The monoisotopic (exact) mass is 394 g/mol. The summed E-state index contributed by atoms with van der Waals surface area (Å²) >= 11 is 0. The molecule has 0 aliphatic carbocycles. The Morgan fingerprint density at radius 1 is 0.897 bits per heavy atom. The van der Waals surface area contributed by atoms with Crippen molar-refractivity contribution in [2.75, 3.05) is 36.4 Å². The molecule has 1 aliphatic rings. The summed E-state index contributed by atoms with van der Waals surface area (Å²) in [6.45, 7) is 10.7. The number of piperazine rings is 1. The molecule has 0 radical (unpaired) electrons. The zero-order chi connectivity index (χ0) is 21.0. The van der Waals surface area contributed by atoms with Gasteiger partial charge in [0, 0.05) is 38.1 Å². The molecule has 6 heteroatoms. The molecule has 2 heterocycles. The number of pyridine rings is 1. The van der Waals surface area contributed by atoms with Crippen LogP contribution in [0.4, 0.5) is 11.5 Å². The third-order valence-corrected chi connectivity index (χ3v) is 5.35. The number of para-hydroxylation sites is 1. The Kier molecular flexibility index (Phi) is 6.52. The second-order valence-corrected chi connectivity index (χ2v) is 8.04. The quantitative estimate of drug-likeness (QED) is 0.805. The number of anilines is 2. The van der Waals surface area contributed by atoms with E-state index in [0.717, 1.165) is 22.6 Å². The number of carbonyl (C=O) groups excluding carboxylic acids is 2. The maximum atomic E-state index is 12.8. The average molecular weight is 395 g/mol. The first-order valence-electron chi connectivity index (χ1n) is 10.3. The van der Waals surface area contributed by atoms with Crippen molar-refractivity contribution >= 4 is 23.3 Å². The number of hydrogen-bond donors (Lipinski definition) is 1. The standard InChI is InChI=1S/C23H30N4O2/c1-16(2)18-8-7-9-19(17(3)4)21(18)25-22(28)23(29)27-14-12-26(13-15-27)20-10-5-6-11-24-20/h5-11,16-17H,12-15H2,1-4H3,(H,25,28). The Morgan fingerprint density at radius 2 is 1.52 bits per heavy atom. The van der Waals surface area contributed by atoms with Crippen LogP contribution < -0.4 is 10.2 Å². The first-order valence-corrected chi connectivity index (χ1v) is 10.3. The SMILES string of the molecule is CC(C)c1cccc(C(C)C)c1NC(=O)C(=O)N1CCN(c2ccccn2)CC1. The van der Waals surface area contributed by atoms with Gasteiger partial charge in [-0.1, -0.05) is 52.0 Å². The van der Waals surface area contributed by atoms with E-state index in [1.807, 2.05) is 36.4 Å². The van der Waals surface area contributed by atoms with Gasteiger partial charge in [-0.05, 0) is 35.1 Å². The molecule has 0 bridgehead atoms. The Morgan fingerprint density at radius 3 is 2.03 bits per heavy atom. The Balaban J connectivity index is 1.68. The van der Waals surface area contributed by atoms with Gasteiger partial charge in [-0.3, -0.25) is 9.59 Å². The molecule has 2 amide bonds. The summed E-state index contributed by atoms with van der Waals surface area (Å²) in [7, 11) is 0. The smallest absolute Gasteiger partial charge is 0.313 e. The van der Waals surface area contributed by atoms with E-state index < -0.39 is 11.8 Å². The van der Waals surface area contributed by atoms with E-state index in [1.165, 1.54) is 0 Å². The fourth-order valence-corrected chi connectivity index (χ4v) is 3.69. The molecule has 29 heavy (non-hydrogen) atoms. The second kappa shape index (κ2) is 9.07. The number of benzene rings is 1. The highest BCUT2D eigenvalue weighted by molar-refractivity contribution is 6.39. The van der Waals surface area contributed by atoms with Gasteiger partial charge in [0.05, 0.1) is 0 Å². The minimum absolute atomic E-state index is 0.251. The lowest BCUT2D eigenvalue weighted by atomic mass is 9.92. The summed E-state index contributed by atoms with van der Waals surface area (Å²) in [5.41, 5.74) is 2.89. The van der Waals surface area contributed by atoms with Crippen LogP contribution in [0.3, 0.4) is 0 Å². The molecule has 2 aromatic rings. The molecular weight excluding hydrogens is 364 g/mol. The molecule has 0 spiro atoms. The number of hydrogen-bond acceptors (Lipinski definition) is 4. The van der Waals surface area contributed by atoms with E-state index in [0.29, 0.717) is 26.2 Å². The first kappa shape index (κ1) is 20.8. The zero-order valence-electron chi connectivity index (χ0n) is 17.7. The Hall–Kier alpha value is -2.89. The second-order valence-electron chi connectivity index (χ2n) is 8.04. The fraction of sp³-hybridized carbons (Fsp3) is 0.435. The van der Waals surface area contributed by atoms with Crippen molar-refractivity contribution in [1.82, 2.24) is 9.88 Å². The third kappa shape index (κ3) is 4.75. The van der Waals surface area contributed by atoms with Crippen molar-refractivity contribution in [2.45, 2.75) is 39.5 Å². The predicted molar refractivity (Wildman–Crippen MR) is 116 cm³/mol. The highest BCUT2D eigenvalue weighted by atomic mass is 16.2. The summed E-state index contributed by atoms with van der Waals surface area (Å²) in [5.74, 6) is 0.365. The first-order chi connectivity index (χ1) is 13.9. The summed E-state index contributed by atoms with van der Waals surface area (Å²) < 4.78 is 0. The van der Waals surface area contributed by atoms with Crippen LogP contribution >= 0.6 is 0 Å². The van der Waals surface area contributed by atoms with Gasteiger partial charge in [0.25, 0.3) is 0 Å². The van der Waals surface area contributed by atoms with E-state index in [-0.39, 0.29) is 11.8 Å². The fourth-order valence-electron chi connectivity index (χ4n) is 3.69. The zero-order valence-corrected chi connectivity index (χ0v) is 17.7. The van der Waals surface area contributed by atoms with Crippen molar-refractivity contribution in [3.8, 4) is 0 Å². The Bertz CT molecular complexity index is 830. The van der Waals surface area contributed by atoms with Crippen LogP contribution in [0.1, 0.15) is 50.7 Å². The highest BCUT2D eigenvalue weighted by Crippen LogP contribution is 2.32. The van der Waals surface area contributed by atoms with Gasteiger partial charge in [0.2, 0.25) is 0 Å². The van der Waals surface area contributed by atoms with Gasteiger partial charge in [-0.25, -0.2) is 4.98 Å². The molecular formula is C23H30N4O2. The van der Waals surface area contributed by atoms with Gasteiger partial charge in [0.1, 0.15) is 5.82 Å². The third-order valence-electron chi connectivity index (χ3n) is 5.35. The van der Waals surface area contributed by atoms with Gasteiger partial charge >= 0.3 is 11.8 Å². The molecule has 3 rings (SSSR count). The lowest BCUT2D eigenvalue weighted by Crippen LogP contribution is -2.51. The van der Waals surface area contributed by atoms with Crippen molar-refractivity contribution in [3.05, 3.63) is 53.7 Å². The number of nitrogens with one attached hydrogen (secondary N) is 1. The Labute approximate surface area is 172 Å². The molecule has 1 aromatic heterocycles. The molecule has 154 valence electrons. The van der Waals surface area contributed by atoms with Crippen molar-refractivity contribution in [1.29, 1.82) is 0 Å². The molecule has 6 nitrogen and oxygen atoms in total. The van der Waals surface area contributed by atoms with Crippen LogP contribution in [0.25, 0.3) is 0 Å². The summed E-state index contributed by atoms with van der Waals surface area (Å²) in [6.07, 6.45) is 1.76. The maximum Gasteiger partial charge on any atom is 0.313 e. The molecule has 1 fully saturated rings. The van der Waals surface area contributed by atoms with Gasteiger partial charge in [-0.2, -0.15) is 0 Å². The van der Waals surface area contributed by atoms with Crippen LogP contribution in [-0.2, 0) is 9.59 Å². The largest absolute Gasteiger partial charge is 0.353 e. The van der Waals surface area contributed by atoms with Gasteiger partial charge < -0.3 is 15.1 Å². The van der Waals surface area contributed by atoms with Crippen LogP contribution in [0.2, 0.25) is 0 Å². The van der Waals surface area contributed by atoms with E-state index in [2.05, 4.69) is 42.9 Å². The lowest BCUT2D eigenvalue weighted by molar-refractivity contribution is -0.143. The summed E-state index contributed by atoms with van der Waals surface area (Å²) in [6, 6.07) is 11.8. The molecule has 0 saturated carbocycles. The predicted octanol–water partition coefficient (Wildman–Crippen LogP) is 3.62. The van der Waals surface area contributed by atoms with Gasteiger partial charge in [0.15, 0.2) is 0 Å². The normalized spacial score (nSPS) is 14.4. The minimum atomic E-state index is -0.564. The van der Waals surface area contributed by atoms with E-state index in [9.17, 15) is 9.59 Å². The van der Waals surface area contributed by atoms with Gasteiger partial charge in [-0.15, -0.1) is 0 Å².